The molecule has 0 aliphatic rings. The molecule has 1 aromatic carbocycles. The molecule has 6 heteroatoms. The van der Waals surface area contributed by atoms with Crippen molar-refractivity contribution in [3.05, 3.63) is 39.4 Å². The number of rotatable bonds is 0. The molecule has 0 unspecified atom stereocenters. The largest absolute Gasteiger partial charge is 0.364 e. The minimum Gasteiger partial charge on any atom is -0.244 e. The summed E-state index contributed by atoms with van der Waals surface area (Å²) < 4.78 is 1.17. The zero-order valence-electron chi connectivity index (χ0n) is 8.36. The number of aryl methyl sites for hydroxylation is 1. The number of hydrogen-bond acceptors (Lipinski definition) is 3. The molecule has 0 amide bonds. The number of nitrogens with one attached hydrogen (secondary N) is 1. The van der Waals surface area contributed by atoms with E-state index in [-0.39, 0.29) is 5.69 Å². The van der Waals surface area contributed by atoms with Crippen LogP contribution in [0.25, 0.3) is 16.4 Å². The Morgan fingerprint density at radius 1 is 1.38 bits per heavy atom. The molecule has 0 saturated carbocycles. The number of aromatic amines is 1. The lowest BCUT2D eigenvalue weighted by Gasteiger charge is -2.02. The Morgan fingerprint density at radius 3 is 3.00 bits per heavy atom. The van der Waals surface area contributed by atoms with Gasteiger partial charge < -0.3 is 0 Å². The third-order valence-electron chi connectivity index (χ3n) is 2.48. The Hall–Kier alpha value is -1.88. The second kappa shape index (κ2) is 3.05. The van der Waals surface area contributed by atoms with Crippen LogP contribution in [0.2, 0.25) is 5.15 Å². The van der Waals surface area contributed by atoms with Gasteiger partial charge in [-0.1, -0.05) is 29.3 Å². The van der Waals surface area contributed by atoms with E-state index in [1.807, 2.05) is 25.1 Å². The van der Waals surface area contributed by atoms with Crippen LogP contribution in [0.5, 0.6) is 0 Å². The topological polar surface area (TPSA) is 63.1 Å². The molecule has 5 nitrogen and oxygen atoms in total. The van der Waals surface area contributed by atoms with Gasteiger partial charge in [0.05, 0.1) is 0 Å². The average molecular weight is 235 g/mol. The first-order valence-electron chi connectivity index (χ1n) is 4.70. The Kier molecular flexibility index (Phi) is 1.79. The van der Waals surface area contributed by atoms with E-state index in [0.29, 0.717) is 10.8 Å². The zero-order valence-corrected chi connectivity index (χ0v) is 9.12. The Labute approximate surface area is 94.7 Å². The monoisotopic (exact) mass is 234 g/mol. The molecule has 3 aromatic rings. The van der Waals surface area contributed by atoms with E-state index < -0.39 is 0 Å². The van der Waals surface area contributed by atoms with Crippen molar-refractivity contribution in [3.8, 4) is 0 Å². The summed E-state index contributed by atoms with van der Waals surface area (Å²) in [6, 6.07) is 5.74. The molecule has 0 saturated heterocycles. The lowest BCUT2D eigenvalue weighted by Crippen LogP contribution is -2.12. The second-order valence-corrected chi connectivity index (χ2v) is 3.96. The van der Waals surface area contributed by atoms with Crippen LogP contribution < -0.4 is 5.69 Å². The fraction of sp³-hybridized carbons (Fsp3) is 0.100. The highest BCUT2D eigenvalue weighted by Crippen LogP contribution is 2.24. The number of hydrogen-bond donors (Lipinski definition) is 1. The lowest BCUT2D eigenvalue weighted by molar-refractivity contribution is 0.887. The first kappa shape index (κ1) is 9.35. The Morgan fingerprint density at radius 2 is 2.19 bits per heavy atom. The van der Waals surface area contributed by atoms with Crippen LogP contribution in [-0.2, 0) is 0 Å². The number of benzene rings is 1. The van der Waals surface area contributed by atoms with Crippen molar-refractivity contribution in [2.45, 2.75) is 6.92 Å². The minimum atomic E-state index is -0.389. The molecule has 0 fully saturated rings. The van der Waals surface area contributed by atoms with Gasteiger partial charge in [-0.15, -0.1) is 5.10 Å². The second-order valence-electron chi connectivity index (χ2n) is 3.60. The third-order valence-corrected chi connectivity index (χ3v) is 2.76. The molecule has 2 aromatic heterocycles. The molecule has 1 N–H and O–H groups in total. The van der Waals surface area contributed by atoms with Crippen LogP contribution in [0.15, 0.2) is 23.0 Å². The van der Waals surface area contributed by atoms with Crippen LogP contribution >= 0.6 is 11.6 Å². The third kappa shape index (κ3) is 1.15. The summed E-state index contributed by atoms with van der Waals surface area (Å²) in [6.07, 6.45) is 0. The Bertz CT molecular complexity index is 758. The van der Waals surface area contributed by atoms with Gasteiger partial charge in [0.15, 0.2) is 10.8 Å². The predicted octanol–water partition coefficient (Wildman–Crippen LogP) is 1.53. The predicted molar refractivity (Wildman–Crippen MR) is 60.9 cm³/mol. The van der Waals surface area contributed by atoms with Crippen molar-refractivity contribution in [2.75, 3.05) is 0 Å². The molecule has 3 rings (SSSR count). The maximum Gasteiger partial charge on any atom is 0.364 e. The molecule has 0 spiro atoms. The quantitative estimate of drug-likeness (QED) is 0.642. The maximum atomic E-state index is 11.4. The smallest absolute Gasteiger partial charge is 0.244 e. The minimum absolute atomic E-state index is 0.297. The summed E-state index contributed by atoms with van der Waals surface area (Å²) in [7, 11) is 0. The highest BCUT2D eigenvalue weighted by molar-refractivity contribution is 6.34. The molecule has 0 bridgehead atoms. The van der Waals surface area contributed by atoms with Crippen LogP contribution in [-0.4, -0.2) is 19.8 Å². The highest BCUT2D eigenvalue weighted by Gasteiger charge is 2.10. The van der Waals surface area contributed by atoms with Crippen LogP contribution in [0.4, 0.5) is 0 Å². The summed E-state index contributed by atoms with van der Waals surface area (Å²) in [4.78, 5) is 11.4. The van der Waals surface area contributed by atoms with Crippen molar-refractivity contribution in [1.29, 1.82) is 0 Å². The van der Waals surface area contributed by atoms with Crippen molar-refractivity contribution in [1.82, 2.24) is 19.8 Å². The van der Waals surface area contributed by atoms with E-state index in [2.05, 4.69) is 15.3 Å². The van der Waals surface area contributed by atoms with E-state index in [0.717, 1.165) is 16.3 Å². The van der Waals surface area contributed by atoms with E-state index in [9.17, 15) is 4.79 Å². The van der Waals surface area contributed by atoms with Gasteiger partial charge in [0.1, 0.15) is 0 Å². The van der Waals surface area contributed by atoms with Gasteiger partial charge in [-0.05, 0) is 13.0 Å². The summed E-state index contributed by atoms with van der Waals surface area (Å²) in [5.41, 5.74) is 1.18. The highest BCUT2D eigenvalue weighted by atomic mass is 35.5. The number of halogens is 1. The number of nitrogens with zero attached hydrogens (tertiary/aromatic N) is 3. The summed E-state index contributed by atoms with van der Waals surface area (Å²) in [5.74, 6) is 0. The molecule has 0 aliphatic carbocycles. The van der Waals surface area contributed by atoms with Gasteiger partial charge in [0.25, 0.3) is 0 Å². The van der Waals surface area contributed by atoms with Gasteiger partial charge in [0, 0.05) is 10.8 Å². The van der Waals surface area contributed by atoms with Crippen molar-refractivity contribution < 1.29 is 0 Å². The molecular formula is C10H7ClN4O. The fourth-order valence-electron chi connectivity index (χ4n) is 1.72. The van der Waals surface area contributed by atoms with E-state index >= 15 is 0 Å². The van der Waals surface area contributed by atoms with Gasteiger partial charge >= 0.3 is 5.69 Å². The van der Waals surface area contributed by atoms with E-state index in [4.69, 9.17) is 11.6 Å². The number of fused-ring (bicyclic) bond motifs is 3. The number of H-pyrrole nitrogens is 1. The fourth-order valence-corrected chi connectivity index (χ4v) is 1.96. The standard InChI is InChI=1S/C10H7ClN4O/c1-5-2-3-6-7(4-5)9-12-13-10(16)15(9)14-8(6)11/h2-4H,1H3,(H,13,16). The Balaban J connectivity index is 2.67. The summed E-state index contributed by atoms with van der Waals surface area (Å²) in [6.45, 7) is 1.97. The summed E-state index contributed by atoms with van der Waals surface area (Å²) in [5, 5.41) is 12.2. The van der Waals surface area contributed by atoms with Crippen LogP contribution in [0.1, 0.15) is 5.56 Å². The van der Waals surface area contributed by atoms with Crippen molar-refractivity contribution in [2.24, 2.45) is 0 Å². The molecule has 0 aliphatic heterocycles. The molecular weight excluding hydrogens is 228 g/mol. The van der Waals surface area contributed by atoms with Crippen molar-refractivity contribution >= 4 is 28.0 Å². The lowest BCUT2D eigenvalue weighted by atomic mass is 10.1. The first-order valence-corrected chi connectivity index (χ1v) is 5.08. The molecule has 0 radical (unpaired) electrons. The normalized spacial score (nSPS) is 11.4. The van der Waals surface area contributed by atoms with Crippen molar-refractivity contribution in [3.63, 3.8) is 0 Å². The van der Waals surface area contributed by atoms with Crippen LogP contribution in [0.3, 0.4) is 0 Å². The van der Waals surface area contributed by atoms with E-state index in [1.165, 1.54) is 4.52 Å². The van der Waals surface area contributed by atoms with Gasteiger partial charge in [-0.2, -0.15) is 9.61 Å². The van der Waals surface area contributed by atoms with Gasteiger partial charge in [0.2, 0.25) is 0 Å². The molecule has 80 valence electrons. The molecule has 16 heavy (non-hydrogen) atoms. The average Bonchev–Trinajstić information content (AvgIpc) is 2.61. The number of aromatic nitrogens is 4. The maximum absolute atomic E-state index is 11.4. The van der Waals surface area contributed by atoms with Gasteiger partial charge in [-0.25, -0.2) is 9.89 Å². The zero-order chi connectivity index (χ0) is 11.3. The summed E-state index contributed by atoms with van der Waals surface area (Å²) >= 11 is 6.00. The first-order chi connectivity index (χ1) is 7.66. The van der Waals surface area contributed by atoms with E-state index in [1.54, 1.807) is 0 Å². The molecule has 2 heterocycles. The molecule has 0 atom stereocenters. The van der Waals surface area contributed by atoms with Gasteiger partial charge in [-0.3, -0.25) is 0 Å². The van der Waals surface area contributed by atoms with Crippen LogP contribution in [0, 0.1) is 6.92 Å². The SMILES string of the molecule is Cc1ccc2c(Cl)nn3c(=O)[nH]nc3c2c1.